The minimum atomic E-state index is -0.573. The molecule has 0 fully saturated rings. The third-order valence-electron chi connectivity index (χ3n) is 4.64. The molecule has 3 rings (SSSR count). The first-order valence-electron chi connectivity index (χ1n) is 9.61. The van der Waals surface area contributed by atoms with Crippen LogP contribution in [-0.2, 0) is 20.7 Å². The van der Waals surface area contributed by atoms with Gasteiger partial charge in [-0.25, -0.2) is 0 Å². The second-order valence-corrected chi connectivity index (χ2v) is 6.74. The van der Waals surface area contributed by atoms with E-state index < -0.39 is 5.97 Å². The topological polar surface area (TPSA) is 72.5 Å². The van der Waals surface area contributed by atoms with Gasteiger partial charge in [0.05, 0.1) is 6.42 Å². The highest BCUT2D eigenvalue weighted by Gasteiger charge is 2.12. The van der Waals surface area contributed by atoms with Gasteiger partial charge in [-0.3, -0.25) is 14.4 Å². The van der Waals surface area contributed by atoms with Crippen molar-refractivity contribution in [3.63, 3.8) is 0 Å². The lowest BCUT2D eigenvalue weighted by molar-refractivity contribution is -0.143. The van der Waals surface area contributed by atoms with Gasteiger partial charge in [-0.2, -0.15) is 0 Å². The molecule has 0 saturated heterocycles. The maximum absolute atomic E-state index is 12.3. The summed E-state index contributed by atoms with van der Waals surface area (Å²) in [5, 5.41) is 4.73. The minimum Gasteiger partial charge on any atom is -0.457 e. The molecule has 5 nitrogen and oxygen atoms in total. The minimum absolute atomic E-state index is 0.00146. The van der Waals surface area contributed by atoms with Gasteiger partial charge in [-0.05, 0) is 41.0 Å². The van der Waals surface area contributed by atoms with E-state index in [-0.39, 0.29) is 31.1 Å². The number of ether oxygens (including phenoxy) is 1. The summed E-state index contributed by atoms with van der Waals surface area (Å²) < 4.78 is 5.03. The molecule has 0 bridgehead atoms. The number of anilines is 1. The van der Waals surface area contributed by atoms with Crippen molar-refractivity contribution in [3.8, 4) is 0 Å². The number of fused-ring (bicyclic) bond motifs is 1. The van der Waals surface area contributed by atoms with Gasteiger partial charge in [0.15, 0.2) is 12.4 Å². The smallest absolute Gasteiger partial charge is 0.306 e. The van der Waals surface area contributed by atoms with Gasteiger partial charge in [-0.1, -0.05) is 55.5 Å². The second kappa shape index (κ2) is 9.64. The van der Waals surface area contributed by atoms with Crippen molar-refractivity contribution in [1.82, 2.24) is 0 Å². The van der Waals surface area contributed by atoms with Crippen LogP contribution in [-0.4, -0.2) is 24.3 Å². The fourth-order valence-electron chi connectivity index (χ4n) is 2.93. The largest absolute Gasteiger partial charge is 0.457 e. The zero-order valence-electron chi connectivity index (χ0n) is 16.3. The Bertz CT molecular complexity index is 1020. The van der Waals surface area contributed by atoms with Crippen LogP contribution < -0.4 is 5.32 Å². The van der Waals surface area contributed by atoms with Crippen molar-refractivity contribution in [3.05, 3.63) is 77.9 Å². The lowest BCUT2D eigenvalue weighted by Crippen LogP contribution is -2.17. The first kappa shape index (κ1) is 20.3. The first-order chi connectivity index (χ1) is 14.0. The molecule has 0 heterocycles. The second-order valence-electron chi connectivity index (χ2n) is 6.74. The van der Waals surface area contributed by atoms with Gasteiger partial charge in [-0.15, -0.1) is 0 Å². The number of Topliss-reactive ketones (excluding diaryl/α,β-unsaturated/α-hetero) is 1. The van der Waals surface area contributed by atoms with Gasteiger partial charge < -0.3 is 10.1 Å². The summed E-state index contributed by atoms with van der Waals surface area (Å²) in [6.45, 7) is 1.72. The molecule has 0 saturated carbocycles. The lowest BCUT2D eigenvalue weighted by Gasteiger charge is -2.07. The van der Waals surface area contributed by atoms with Crippen LogP contribution in [0.15, 0.2) is 66.7 Å². The Morgan fingerprint density at radius 3 is 2.31 bits per heavy atom. The van der Waals surface area contributed by atoms with Crippen LogP contribution in [0.4, 0.5) is 5.69 Å². The van der Waals surface area contributed by atoms with Crippen molar-refractivity contribution < 1.29 is 19.1 Å². The van der Waals surface area contributed by atoms with E-state index in [0.717, 1.165) is 17.2 Å². The molecule has 0 unspecified atom stereocenters. The van der Waals surface area contributed by atoms with Crippen molar-refractivity contribution >= 4 is 34.1 Å². The number of benzene rings is 3. The Balaban J connectivity index is 1.43. The number of carbonyl (C=O) groups is 3. The van der Waals surface area contributed by atoms with Crippen molar-refractivity contribution in [1.29, 1.82) is 0 Å². The van der Waals surface area contributed by atoms with Crippen molar-refractivity contribution in [2.75, 3.05) is 11.9 Å². The highest BCUT2D eigenvalue weighted by molar-refractivity contribution is 6.01. The third kappa shape index (κ3) is 5.75. The van der Waals surface area contributed by atoms with Gasteiger partial charge in [0.1, 0.15) is 0 Å². The van der Waals surface area contributed by atoms with Crippen LogP contribution in [0, 0.1) is 0 Å². The number of nitrogens with one attached hydrogen (secondary N) is 1. The van der Waals surface area contributed by atoms with E-state index in [1.807, 2.05) is 54.6 Å². The van der Waals surface area contributed by atoms with Crippen LogP contribution in [0.3, 0.4) is 0 Å². The van der Waals surface area contributed by atoms with Crippen molar-refractivity contribution in [2.45, 2.75) is 26.2 Å². The molecule has 29 heavy (non-hydrogen) atoms. The van der Waals surface area contributed by atoms with Crippen LogP contribution in [0.25, 0.3) is 10.8 Å². The van der Waals surface area contributed by atoms with Gasteiger partial charge >= 0.3 is 5.97 Å². The van der Waals surface area contributed by atoms with E-state index in [9.17, 15) is 14.4 Å². The predicted molar refractivity (Wildman–Crippen MR) is 113 cm³/mol. The number of amides is 1. The third-order valence-corrected chi connectivity index (χ3v) is 4.64. The Morgan fingerprint density at radius 2 is 1.59 bits per heavy atom. The maximum atomic E-state index is 12.3. The number of ketones is 1. The first-order valence-corrected chi connectivity index (χ1v) is 9.61. The average molecular weight is 389 g/mol. The number of hydrogen-bond acceptors (Lipinski definition) is 4. The number of esters is 1. The molecule has 0 atom stereocenters. The van der Waals surface area contributed by atoms with E-state index >= 15 is 0 Å². The standard InChI is InChI=1S/C24H23NO4/c1-2-17-7-11-21(12-8-17)25-23(27)13-14-24(28)29-16-22(26)20-10-9-18-5-3-4-6-19(18)15-20/h3-12,15H,2,13-14,16H2,1H3,(H,25,27). The van der Waals surface area contributed by atoms with Crippen LogP contribution in [0.2, 0.25) is 0 Å². The summed E-state index contributed by atoms with van der Waals surface area (Å²) in [6, 6.07) is 20.6. The summed E-state index contributed by atoms with van der Waals surface area (Å²) in [6.07, 6.45) is 0.848. The van der Waals surface area contributed by atoms with E-state index in [1.54, 1.807) is 12.1 Å². The fourth-order valence-corrected chi connectivity index (χ4v) is 2.93. The predicted octanol–water partition coefficient (Wildman–Crippen LogP) is 4.55. The summed E-state index contributed by atoms with van der Waals surface area (Å²) >= 11 is 0. The molecular weight excluding hydrogens is 366 g/mol. The maximum Gasteiger partial charge on any atom is 0.306 e. The number of carbonyl (C=O) groups excluding carboxylic acids is 3. The van der Waals surface area contributed by atoms with Crippen LogP contribution in [0.1, 0.15) is 35.7 Å². The SMILES string of the molecule is CCc1ccc(NC(=O)CCC(=O)OCC(=O)c2ccc3ccccc3c2)cc1. The highest BCUT2D eigenvalue weighted by atomic mass is 16.5. The Kier molecular flexibility index (Phi) is 6.74. The average Bonchev–Trinajstić information content (AvgIpc) is 2.76. The monoisotopic (exact) mass is 389 g/mol. The van der Waals surface area contributed by atoms with E-state index in [0.29, 0.717) is 11.3 Å². The molecule has 1 amide bonds. The molecule has 3 aromatic carbocycles. The summed E-state index contributed by atoms with van der Waals surface area (Å²) in [5.41, 5.74) is 2.36. The quantitative estimate of drug-likeness (QED) is 0.453. The number of rotatable bonds is 8. The van der Waals surface area contributed by atoms with Crippen LogP contribution in [0.5, 0.6) is 0 Å². The molecular formula is C24H23NO4. The molecule has 148 valence electrons. The Morgan fingerprint density at radius 1 is 0.862 bits per heavy atom. The summed E-state index contributed by atoms with van der Waals surface area (Å²) in [5.74, 6) is -1.12. The zero-order chi connectivity index (χ0) is 20.6. The molecule has 0 aliphatic carbocycles. The molecule has 0 radical (unpaired) electrons. The van der Waals surface area contributed by atoms with Gasteiger partial charge in [0.2, 0.25) is 5.91 Å². The molecule has 1 N–H and O–H groups in total. The molecule has 3 aromatic rings. The van der Waals surface area contributed by atoms with E-state index in [4.69, 9.17) is 4.74 Å². The summed E-state index contributed by atoms with van der Waals surface area (Å²) in [7, 11) is 0. The van der Waals surface area contributed by atoms with Crippen molar-refractivity contribution in [2.24, 2.45) is 0 Å². The van der Waals surface area contributed by atoms with Gasteiger partial charge in [0, 0.05) is 17.7 Å². The molecule has 0 aliphatic rings. The Labute approximate surface area is 169 Å². The molecule has 5 heteroatoms. The van der Waals surface area contributed by atoms with Crippen LogP contribution >= 0.6 is 0 Å². The zero-order valence-corrected chi connectivity index (χ0v) is 16.3. The molecule has 0 aromatic heterocycles. The van der Waals surface area contributed by atoms with E-state index in [2.05, 4.69) is 12.2 Å². The Hall–Kier alpha value is -3.47. The highest BCUT2D eigenvalue weighted by Crippen LogP contribution is 2.16. The van der Waals surface area contributed by atoms with Gasteiger partial charge in [0.25, 0.3) is 0 Å². The fraction of sp³-hybridized carbons (Fsp3) is 0.208. The normalized spacial score (nSPS) is 10.5. The number of aryl methyl sites for hydroxylation is 1. The number of hydrogen-bond donors (Lipinski definition) is 1. The summed E-state index contributed by atoms with van der Waals surface area (Å²) in [4.78, 5) is 36.1. The molecule has 0 aliphatic heterocycles. The molecule has 0 spiro atoms. The van der Waals surface area contributed by atoms with E-state index in [1.165, 1.54) is 5.56 Å². The lowest BCUT2D eigenvalue weighted by atomic mass is 10.0.